The molecule has 0 unspecified atom stereocenters. The molecule has 2 atom stereocenters. The maximum atomic E-state index is 13.7. The van der Waals surface area contributed by atoms with E-state index in [1.54, 1.807) is 61.8 Å². The molecular formula is C44H45Cl2N3O8. The molecule has 8 rings (SSSR count). The molecule has 57 heavy (non-hydrogen) atoms. The molecule has 2 bridgehead atoms. The molecule has 1 amide bonds. The van der Waals surface area contributed by atoms with Gasteiger partial charge in [-0.1, -0.05) is 71.7 Å². The van der Waals surface area contributed by atoms with E-state index in [0.717, 1.165) is 49.3 Å². The third kappa shape index (κ3) is 10.2. The number of amides is 1. The van der Waals surface area contributed by atoms with Crippen LogP contribution in [-0.2, 0) is 29.0 Å². The molecule has 3 saturated heterocycles. The summed E-state index contributed by atoms with van der Waals surface area (Å²) < 4.78 is 29.5. The molecule has 3 fully saturated rings. The SMILES string of the molecule is COc1ccc([C@H](Cc2c(Cl)c[nH+]cc2Cl)OC(=O)c2cccc(COc3cccc(CN(C(=O)O[C@H]4CN5CCC4CC5)c4ccccc4)c3)c2)cc1OC.[OH-]. The minimum atomic E-state index is -0.759. The number of para-hydroxylation sites is 1. The number of nitrogens with zero attached hydrogens (tertiary/aromatic N) is 2. The maximum Gasteiger partial charge on any atom is 0.414 e. The van der Waals surface area contributed by atoms with Gasteiger partial charge in [-0.2, -0.15) is 0 Å². The standard InChI is InChI=1S/C44H43Cl2N3O7.H2O/c1-52-39-15-14-32(22-41(39)53-2)40(23-36-37(45)24-47-25-38(36)46)55-43(50)33-10-6-9-30(20-33)28-54-35-13-7-8-29(21-35)26-49(34-11-4-3-5-12-34)44(51)56-42-27-48-18-16-31(42)17-19-48;/h3-15,20-22,24-25,31,40,42H,16-19,23,26-28H2,1-2H3;1H2/t40-,42-;/m0./s1. The van der Waals surface area contributed by atoms with Gasteiger partial charge in [0.25, 0.3) is 0 Å². The van der Waals surface area contributed by atoms with Crippen LogP contribution in [0.25, 0.3) is 0 Å². The number of methoxy groups -OCH3 is 2. The zero-order valence-corrected chi connectivity index (χ0v) is 33.2. The van der Waals surface area contributed by atoms with Gasteiger partial charge in [-0.05, 0) is 97.1 Å². The van der Waals surface area contributed by atoms with E-state index in [0.29, 0.717) is 56.4 Å². The molecule has 0 aliphatic carbocycles. The van der Waals surface area contributed by atoms with E-state index in [1.807, 2.05) is 66.7 Å². The molecule has 11 nitrogen and oxygen atoms in total. The summed E-state index contributed by atoms with van der Waals surface area (Å²) in [5, 5.41) is 0.832. The van der Waals surface area contributed by atoms with Crippen molar-refractivity contribution < 1.29 is 43.7 Å². The van der Waals surface area contributed by atoms with Crippen LogP contribution >= 0.6 is 23.2 Å². The van der Waals surface area contributed by atoms with Gasteiger partial charge in [0.2, 0.25) is 0 Å². The second kappa shape index (κ2) is 19.2. The lowest BCUT2D eigenvalue weighted by Crippen LogP contribution is -2.53. The molecule has 0 spiro atoms. The summed E-state index contributed by atoms with van der Waals surface area (Å²) in [5.41, 5.74) is 4.06. The number of rotatable bonds is 14. The number of hydrogen-bond acceptors (Lipinski definition) is 9. The first-order valence-electron chi connectivity index (χ1n) is 18.6. The zero-order chi connectivity index (χ0) is 39.0. The number of carbonyl (C=O) groups is 2. The quantitative estimate of drug-likeness (QED) is 0.101. The summed E-state index contributed by atoms with van der Waals surface area (Å²) in [5.74, 6) is 1.53. The van der Waals surface area contributed by atoms with E-state index in [2.05, 4.69) is 9.88 Å². The number of aromatic nitrogens is 1. The number of esters is 1. The first-order chi connectivity index (χ1) is 27.3. The molecule has 1 aromatic heterocycles. The van der Waals surface area contributed by atoms with E-state index in [4.69, 9.17) is 46.9 Å². The molecule has 3 aliphatic heterocycles. The third-order valence-corrected chi connectivity index (χ3v) is 11.0. The lowest BCUT2D eigenvalue weighted by Gasteiger charge is -2.44. The molecular weight excluding hydrogens is 769 g/mol. The van der Waals surface area contributed by atoms with Gasteiger partial charge in [0.1, 0.15) is 34.6 Å². The Labute approximate surface area is 342 Å². The highest BCUT2D eigenvalue weighted by molar-refractivity contribution is 6.35. The van der Waals surface area contributed by atoms with Crippen LogP contribution in [0.3, 0.4) is 0 Å². The number of aromatic amines is 1. The lowest BCUT2D eigenvalue weighted by molar-refractivity contribution is -0.377. The van der Waals surface area contributed by atoms with Gasteiger partial charge in [-0.3, -0.25) is 9.80 Å². The Balaban J connectivity index is 0.00000549. The number of H-pyrrole nitrogens is 1. The average molecular weight is 815 g/mol. The Bertz CT molecular complexity index is 2130. The fourth-order valence-electron chi connectivity index (χ4n) is 7.31. The number of piperidine rings is 3. The highest BCUT2D eigenvalue weighted by atomic mass is 35.5. The van der Waals surface area contributed by atoms with E-state index in [1.165, 1.54) is 0 Å². The normalized spacial score (nSPS) is 17.4. The summed E-state index contributed by atoms with van der Waals surface area (Å²) >= 11 is 13.0. The second-order valence-corrected chi connectivity index (χ2v) is 14.8. The number of hydrogen-bond donors (Lipinski definition) is 0. The van der Waals surface area contributed by atoms with Gasteiger partial charge in [-0.25, -0.2) is 14.6 Å². The maximum absolute atomic E-state index is 13.7. The van der Waals surface area contributed by atoms with E-state index >= 15 is 0 Å². The Kier molecular flexibility index (Phi) is 13.9. The first kappa shape index (κ1) is 41.3. The van der Waals surface area contributed by atoms with Crippen LogP contribution in [0.2, 0.25) is 10.0 Å². The third-order valence-electron chi connectivity index (χ3n) is 10.4. The fourth-order valence-corrected chi connectivity index (χ4v) is 7.84. The number of pyridine rings is 1. The summed E-state index contributed by atoms with van der Waals surface area (Å²) in [6.07, 6.45) is 4.37. The van der Waals surface area contributed by atoms with Crippen LogP contribution in [0.4, 0.5) is 10.5 Å². The highest BCUT2D eigenvalue weighted by Gasteiger charge is 2.37. The number of fused-ring (bicyclic) bond motifs is 3. The topological polar surface area (TPSA) is 131 Å². The minimum Gasteiger partial charge on any atom is -0.870 e. The number of nitrogens with one attached hydrogen (secondary N) is 1. The van der Waals surface area contributed by atoms with Crippen LogP contribution in [0.5, 0.6) is 17.2 Å². The Morgan fingerprint density at radius 2 is 1.56 bits per heavy atom. The Morgan fingerprint density at radius 1 is 0.842 bits per heavy atom. The van der Waals surface area contributed by atoms with Gasteiger partial charge in [0, 0.05) is 24.2 Å². The van der Waals surface area contributed by atoms with Crippen LogP contribution in [0.15, 0.2) is 109 Å². The molecule has 0 radical (unpaired) electrons. The van der Waals surface area contributed by atoms with Gasteiger partial charge in [0.15, 0.2) is 23.9 Å². The number of carbonyl (C=O) groups excluding carboxylic acids is 2. The zero-order valence-electron chi connectivity index (χ0n) is 31.7. The van der Waals surface area contributed by atoms with E-state index in [9.17, 15) is 9.59 Å². The van der Waals surface area contributed by atoms with Crippen molar-refractivity contribution in [1.29, 1.82) is 0 Å². The first-order valence-corrected chi connectivity index (χ1v) is 19.4. The average Bonchev–Trinajstić information content (AvgIpc) is 3.23. The van der Waals surface area contributed by atoms with Crippen molar-refractivity contribution in [3.8, 4) is 17.2 Å². The molecule has 298 valence electrons. The van der Waals surface area contributed by atoms with E-state index in [-0.39, 0.29) is 30.7 Å². The van der Waals surface area contributed by atoms with Crippen molar-refractivity contribution in [2.75, 3.05) is 38.8 Å². The Morgan fingerprint density at radius 3 is 2.26 bits per heavy atom. The van der Waals surface area contributed by atoms with Crippen molar-refractivity contribution in [2.45, 2.75) is 44.6 Å². The molecule has 2 N–H and O–H groups in total. The van der Waals surface area contributed by atoms with Gasteiger partial charge in [-0.15, -0.1) is 0 Å². The Hall–Kier alpha value is -5.33. The second-order valence-electron chi connectivity index (χ2n) is 14.0. The number of anilines is 1. The largest absolute Gasteiger partial charge is 0.870 e. The summed E-state index contributed by atoms with van der Waals surface area (Å²) in [6.45, 7) is 3.43. The summed E-state index contributed by atoms with van der Waals surface area (Å²) in [4.78, 5) is 34.4. The summed E-state index contributed by atoms with van der Waals surface area (Å²) in [7, 11) is 3.10. The summed E-state index contributed by atoms with van der Waals surface area (Å²) in [6, 6.07) is 29.7. The molecule has 4 aromatic carbocycles. The number of ether oxygens (including phenoxy) is 5. The molecule has 3 aliphatic rings. The highest BCUT2D eigenvalue weighted by Crippen LogP contribution is 2.36. The molecule has 4 heterocycles. The fraction of sp³-hybridized carbons (Fsp3) is 0.295. The van der Waals surface area contributed by atoms with Crippen molar-refractivity contribution in [2.24, 2.45) is 5.92 Å². The number of benzene rings is 4. The monoisotopic (exact) mass is 813 g/mol. The van der Waals surface area contributed by atoms with E-state index < -0.39 is 12.1 Å². The van der Waals surface area contributed by atoms with Crippen molar-refractivity contribution in [3.63, 3.8) is 0 Å². The number of halogens is 2. The molecule has 0 saturated carbocycles. The van der Waals surface area contributed by atoms with Crippen LogP contribution in [-0.4, -0.2) is 62.4 Å². The minimum absolute atomic E-state index is 0. The predicted molar refractivity (Wildman–Crippen MR) is 216 cm³/mol. The van der Waals surface area contributed by atoms with Gasteiger partial charge >= 0.3 is 12.1 Å². The van der Waals surface area contributed by atoms with Crippen molar-refractivity contribution >= 4 is 41.0 Å². The molecule has 13 heteroatoms. The van der Waals surface area contributed by atoms with Crippen LogP contribution in [0, 0.1) is 5.92 Å². The van der Waals surface area contributed by atoms with Crippen LogP contribution < -0.4 is 24.1 Å². The van der Waals surface area contributed by atoms with Crippen LogP contribution in [0.1, 0.15) is 51.6 Å². The smallest absolute Gasteiger partial charge is 0.414 e. The van der Waals surface area contributed by atoms with Gasteiger partial charge < -0.3 is 29.2 Å². The predicted octanol–water partition coefficient (Wildman–Crippen LogP) is 8.61. The lowest BCUT2D eigenvalue weighted by atomic mass is 9.86. The van der Waals surface area contributed by atoms with Crippen molar-refractivity contribution in [1.82, 2.24) is 4.90 Å². The molecule has 5 aromatic rings. The van der Waals surface area contributed by atoms with Gasteiger partial charge in [0.05, 0.1) is 26.3 Å². The van der Waals surface area contributed by atoms with Crippen molar-refractivity contribution in [3.05, 3.63) is 147 Å².